The lowest BCUT2D eigenvalue weighted by molar-refractivity contribution is 0.317. The van der Waals surface area contributed by atoms with Crippen LogP contribution in [-0.4, -0.2) is 16.2 Å². The van der Waals surface area contributed by atoms with Gasteiger partial charge >= 0.3 is 0 Å². The van der Waals surface area contributed by atoms with E-state index >= 15 is 0 Å². The molecule has 0 atom stereocenters. The molecule has 0 saturated carbocycles. The first-order chi connectivity index (χ1) is 15.3. The highest BCUT2D eigenvalue weighted by molar-refractivity contribution is 5.98. The van der Waals surface area contributed by atoms with Crippen LogP contribution in [0, 0.1) is 0 Å². The van der Waals surface area contributed by atoms with Crippen LogP contribution in [-0.2, 0) is 0 Å². The second-order valence-corrected chi connectivity index (χ2v) is 7.46. The zero-order valence-corrected chi connectivity index (χ0v) is 18.2. The van der Waals surface area contributed by atoms with Crippen molar-refractivity contribution in [2.24, 2.45) is 0 Å². The number of aromatic nitrogens is 2. The van der Waals surface area contributed by atoms with Crippen molar-refractivity contribution < 1.29 is 4.74 Å². The third-order valence-corrected chi connectivity index (χ3v) is 5.35. The number of hydrogen-bond donors (Lipinski definition) is 0. The lowest BCUT2D eigenvalue weighted by Gasteiger charge is -2.17. The van der Waals surface area contributed by atoms with Gasteiger partial charge in [0.15, 0.2) is 0 Å². The van der Waals surface area contributed by atoms with E-state index in [1.54, 1.807) is 6.20 Å². The van der Waals surface area contributed by atoms with Crippen molar-refractivity contribution in [3.8, 4) is 11.4 Å². The molecule has 0 bridgehead atoms. The summed E-state index contributed by atoms with van der Waals surface area (Å²) >= 11 is 0. The van der Waals surface area contributed by atoms with Crippen molar-refractivity contribution >= 4 is 11.1 Å². The van der Waals surface area contributed by atoms with Gasteiger partial charge in [-0.25, -0.2) is 4.98 Å². The Bertz CT molecular complexity index is 1110. The maximum atomic E-state index is 5.80. The minimum absolute atomic E-state index is 0.738. The highest BCUT2D eigenvalue weighted by Crippen LogP contribution is 2.35. The molecule has 0 N–H and O–H groups in total. The van der Waals surface area contributed by atoms with Gasteiger partial charge in [0.25, 0.3) is 0 Å². The minimum atomic E-state index is 0.738. The van der Waals surface area contributed by atoms with Crippen molar-refractivity contribution in [3.63, 3.8) is 0 Å². The molecular weight excluding hydrogens is 380 g/mol. The number of benzene rings is 3. The van der Waals surface area contributed by atoms with Gasteiger partial charge in [0.1, 0.15) is 5.75 Å². The number of hydrogen-bond acceptors (Lipinski definition) is 2. The fraction of sp³-hybridized carbons (Fsp3) is 0.179. The third-order valence-electron chi connectivity index (χ3n) is 5.35. The van der Waals surface area contributed by atoms with E-state index in [0.29, 0.717) is 0 Å². The van der Waals surface area contributed by atoms with Gasteiger partial charge in [-0.2, -0.15) is 0 Å². The van der Waals surface area contributed by atoms with Crippen LogP contribution < -0.4 is 4.74 Å². The SMILES string of the molecule is CCCOc1ccc(C(=C(CC)c2ccccc2)c2ccc(-n3ccnc3)cc2)cc1. The van der Waals surface area contributed by atoms with Gasteiger partial charge in [0, 0.05) is 18.1 Å². The molecular formula is C28H28N2O. The van der Waals surface area contributed by atoms with E-state index in [9.17, 15) is 0 Å². The van der Waals surface area contributed by atoms with Gasteiger partial charge in [-0.15, -0.1) is 0 Å². The highest BCUT2D eigenvalue weighted by Gasteiger charge is 2.13. The summed E-state index contributed by atoms with van der Waals surface area (Å²) in [5, 5.41) is 0. The number of nitrogens with zero attached hydrogens (tertiary/aromatic N) is 2. The van der Waals surface area contributed by atoms with Crippen LogP contribution in [0.15, 0.2) is 97.6 Å². The lowest BCUT2D eigenvalue weighted by atomic mass is 9.88. The Balaban J connectivity index is 1.80. The molecule has 1 heterocycles. The predicted molar refractivity (Wildman–Crippen MR) is 128 cm³/mol. The van der Waals surface area contributed by atoms with Gasteiger partial charge < -0.3 is 9.30 Å². The van der Waals surface area contributed by atoms with Gasteiger partial charge in [0.2, 0.25) is 0 Å². The van der Waals surface area contributed by atoms with Gasteiger partial charge in [0.05, 0.1) is 12.9 Å². The first-order valence-corrected chi connectivity index (χ1v) is 10.9. The molecule has 0 spiro atoms. The Hall–Kier alpha value is -3.59. The fourth-order valence-corrected chi connectivity index (χ4v) is 3.83. The zero-order chi connectivity index (χ0) is 21.5. The minimum Gasteiger partial charge on any atom is -0.494 e. The molecule has 3 heteroatoms. The Morgan fingerprint density at radius 1 is 0.806 bits per heavy atom. The van der Waals surface area contributed by atoms with E-state index in [0.717, 1.165) is 30.9 Å². The fourth-order valence-electron chi connectivity index (χ4n) is 3.83. The van der Waals surface area contributed by atoms with Crippen LogP contribution in [0.4, 0.5) is 0 Å². The summed E-state index contributed by atoms with van der Waals surface area (Å²) in [6.07, 6.45) is 7.53. The maximum Gasteiger partial charge on any atom is 0.119 e. The van der Waals surface area contributed by atoms with Crippen LogP contribution in [0.3, 0.4) is 0 Å². The summed E-state index contributed by atoms with van der Waals surface area (Å²) in [5.41, 5.74) is 7.34. The number of imidazole rings is 1. The summed E-state index contributed by atoms with van der Waals surface area (Å²) in [5.74, 6) is 0.915. The van der Waals surface area contributed by atoms with Crippen LogP contribution in [0.1, 0.15) is 43.4 Å². The standard InChI is InChI=1S/C28H28N2O/c1-3-20-31-26-16-12-24(13-17-26)28(27(4-2)22-8-6-5-7-9-22)23-10-14-25(15-11-23)30-19-18-29-21-30/h5-19,21H,3-4,20H2,1-2H3. The lowest BCUT2D eigenvalue weighted by Crippen LogP contribution is -1.98. The molecule has 0 radical (unpaired) electrons. The van der Waals surface area contributed by atoms with Crippen molar-refractivity contribution in [2.45, 2.75) is 26.7 Å². The number of ether oxygens (including phenoxy) is 1. The van der Waals surface area contributed by atoms with Gasteiger partial charge in [-0.1, -0.05) is 68.4 Å². The summed E-state index contributed by atoms with van der Waals surface area (Å²) in [7, 11) is 0. The molecule has 0 aliphatic heterocycles. The van der Waals surface area contributed by atoms with Crippen molar-refractivity contribution in [2.75, 3.05) is 6.61 Å². The quantitative estimate of drug-likeness (QED) is 0.293. The van der Waals surface area contributed by atoms with Crippen molar-refractivity contribution in [1.29, 1.82) is 0 Å². The van der Waals surface area contributed by atoms with E-state index < -0.39 is 0 Å². The summed E-state index contributed by atoms with van der Waals surface area (Å²) in [4.78, 5) is 4.16. The van der Waals surface area contributed by atoms with Gasteiger partial charge in [-0.3, -0.25) is 0 Å². The monoisotopic (exact) mass is 408 g/mol. The summed E-state index contributed by atoms with van der Waals surface area (Å²) in [6, 6.07) is 27.8. The third kappa shape index (κ3) is 4.77. The van der Waals surface area contributed by atoms with E-state index in [1.165, 1.54) is 27.8 Å². The Morgan fingerprint density at radius 2 is 1.48 bits per heavy atom. The first-order valence-electron chi connectivity index (χ1n) is 10.9. The van der Waals surface area contributed by atoms with E-state index in [1.807, 2.05) is 17.1 Å². The Labute approximate surface area is 184 Å². The van der Waals surface area contributed by atoms with Gasteiger partial charge in [-0.05, 0) is 64.9 Å². The normalized spacial score (nSPS) is 11.8. The molecule has 0 saturated heterocycles. The van der Waals surface area contributed by atoms with E-state index in [4.69, 9.17) is 4.74 Å². The molecule has 4 aromatic rings. The smallest absolute Gasteiger partial charge is 0.119 e. The molecule has 31 heavy (non-hydrogen) atoms. The van der Waals surface area contributed by atoms with Crippen LogP contribution in [0.25, 0.3) is 16.8 Å². The average Bonchev–Trinajstić information content (AvgIpc) is 3.37. The second kappa shape index (κ2) is 9.94. The van der Waals surface area contributed by atoms with E-state index in [-0.39, 0.29) is 0 Å². The molecule has 0 amide bonds. The Kier molecular flexibility index (Phi) is 6.63. The maximum absolute atomic E-state index is 5.80. The average molecular weight is 409 g/mol. The topological polar surface area (TPSA) is 27.1 Å². The van der Waals surface area contributed by atoms with Crippen molar-refractivity contribution in [3.05, 3.63) is 114 Å². The van der Waals surface area contributed by atoms with Crippen LogP contribution in [0.5, 0.6) is 5.75 Å². The van der Waals surface area contributed by atoms with E-state index in [2.05, 4.69) is 97.7 Å². The van der Waals surface area contributed by atoms with Crippen molar-refractivity contribution in [1.82, 2.24) is 9.55 Å². The molecule has 4 rings (SSSR count). The summed E-state index contributed by atoms with van der Waals surface area (Å²) in [6.45, 7) is 5.08. The van der Waals surface area contributed by atoms with Crippen LogP contribution >= 0.6 is 0 Å². The predicted octanol–water partition coefficient (Wildman–Crippen LogP) is 7.03. The molecule has 0 aliphatic rings. The molecule has 0 fully saturated rings. The molecule has 156 valence electrons. The highest BCUT2D eigenvalue weighted by atomic mass is 16.5. The largest absolute Gasteiger partial charge is 0.494 e. The molecule has 3 aromatic carbocycles. The molecule has 3 nitrogen and oxygen atoms in total. The second-order valence-electron chi connectivity index (χ2n) is 7.46. The molecule has 0 unspecified atom stereocenters. The zero-order valence-electron chi connectivity index (χ0n) is 18.2. The summed E-state index contributed by atoms with van der Waals surface area (Å²) < 4.78 is 7.82. The molecule has 1 aromatic heterocycles. The number of rotatable bonds is 8. The first kappa shape index (κ1) is 20.7. The Morgan fingerprint density at radius 3 is 2.06 bits per heavy atom. The number of allylic oxidation sites excluding steroid dienone is 1. The van der Waals surface area contributed by atoms with Crippen LogP contribution in [0.2, 0.25) is 0 Å². The molecule has 0 aliphatic carbocycles.